The number of piperazine rings is 1. The minimum Gasteiger partial charge on any atom is -0.339 e. The van der Waals surface area contributed by atoms with Crippen molar-refractivity contribution in [2.45, 2.75) is 26.8 Å². The smallest absolute Gasteiger partial charge is 0.226 e. The predicted octanol–water partition coefficient (Wildman–Crippen LogP) is 0.0993. The van der Waals surface area contributed by atoms with E-state index in [0.717, 1.165) is 6.42 Å². The fourth-order valence-electron chi connectivity index (χ4n) is 2.05. The Morgan fingerprint density at radius 1 is 1.21 bits per heavy atom. The summed E-state index contributed by atoms with van der Waals surface area (Å²) in [7, 11) is -3.06. The van der Waals surface area contributed by atoms with Gasteiger partial charge in [-0.05, 0) is 6.92 Å². The monoisotopic (exact) mass is 288 g/mol. The predicted molar refractivity (Wildman–Crippen MR) is 70.0 cm³/mol. The number of hydrogen-bond donors (Lipinski definition) is 0. The Balaban J connectivity index is 1.87. The summed E-state index contributed by atoms with van der Waals surface area (Å²) < 4.78 is 30.1. The summed E-state index contributed by atoms with van der Waals surface area (Å²) in [6.07, 6.45) is 0.732. The van der Waals surface area contributed by atoms with Crippen LogP contribution >= 0.6 is 0 Å². The highest BCUT2D eigenvalue weighted by molar-refractivity contribution is 7.89. The van der Waals surface area contributed by atoms with Crippen LogP contribution in [0.25, 0.3) is 0 Å². The van der Waals surface area contributed by atoms with Gasteiger partial charge in [-0.1, -0.05) is 12.1 Å². The summed E-state index contributed by atoms with van der Waals surface area (Å²) in [6.45, 7) is 6.73. The number of hydrogen-bond acceptors (Lipinski definition) is 6. The summed E-state index contributed by atoms with van der Waals surface area (Å²) in [5, 5.41) is 3.91. The van der Waals surface area contributed by atoms with Crippen LogP contribution in [0.15, 0.2) is 4.52 Å². The first-order chi connectivity index (χ1) is 9.05. The third-order valence-corrected chi connectivity index (χ3v) is 5.15. The second-order valence-electron chi connectivity index (χ2n) is 4.53. The molecule has 2 heterocycles. The van der Waals surface area contributed by atoms with E-state index in [1.807, 2.05) is 6.92 Å². The van der Waals surface area contributed by atoms with Crippen LogP contribution in [-0.4, -0.2) is 59.7 Å². The largest absolute Gasteiger partial charge is 0.339 e. The molecule has 0 amide bonds. The van der Waals surface area contributed by atoms with Gasteiger partial charge >= 0.3 is 0 Å². The van der Waals surface area contributed by atoms with E-state index in [9.17, 15) is 8.42 Å². The Hall–Kier alpha value is -0.990. The van der Waals surface area contributed by atoms with Gasteiger partial charge in [0.25, 0.3) is 0 Å². The van der Waals surface area contributed by atoms with Crippen molar-refractivity contribution in [3.05, 3.63) is 11.7 Å². The molecule has 19 heavy (non-hydrogen) atoms. The van der Waals surface area contributed by atoms with Crippen LogP contribution in [0.5, 0.6) is 0 Å². The molecule has 0 aliphatic carbocycles. The second kappa shape index (κ2) is 5.98. The molecule has 0 aromatic carbocycles. The van der Waals surface area contributed by atoms with Gasteiger partial charge in [-0.2, -0.15) is 9.29 Å². The maximum Gasteiger partial charge on any atom is 0.226 e. The molecule has 1 fully saturated rings. The van der Waals surface area contributed by atoms with Gasteiger partial charge < -0.3 is 4.52 Å². The SMILES string of the molecule is CCc1nc(CN2CCN(S(=O)(=O)CC)CC2)no1. The molecule has 0 bridgehead atoms. The minimum absolute atomic E-state index is 0.164. The topological polar surface area (TPSA) is 79.5 Å². The lowest BCUT2D eigenvalue weighted by molar-refractivity contribution is 0.176. The number of rotatable bonds is 5. The van der Waals surface area contributed by atoms with E-state index in [2.05, 4.69) is 15.0 Å². The summed E-state index contributed by atoms with van der Waals surface area (Å²) in [4.78, 5) is 6.40. The highest BCUT2D eigenvalue weighted by Crippen LogP contribution is 2.10. The third kappa shape index (κ3) is 3.52. The lowest BCUT2D eigenvalue weighted by atomic mass is 10.3. The molecule has 1 aromatic heterocycles. The summed E-state index contributed by atoms with van der Waals surface area (Å²) >= 11 is 0. The molecule has 1 aliphatic rings. The van der Waals surface area contributed by atoms with Crippen LogP contribution in [0.3, 0.4) is 0 Å². The Morgan fingerprint density at radius 3 is 2.42 bits per heavy atom. The third-order valence-electron chi connectivity index (χ3n) is 3.27. The van der Waals surface area contributed by atoms with Gasteiger partial charge in [0.05, 0.1) is 12.3 Å². The van der Waals surface area contributed by atoms with Crippen molar-refractivity contribution in [3.63, 3.8) is 0 Å². The Labute approximate surface area is 113 Å². The molecule has 108 valence electrons. The maximum atomic E-state index is 11.7. The van der Waals surface area contributed by atoms with Crippen molar-refractivity contribution >= 4 is 10.0 Å². The van der Waals surface area contributed by atoms with Crippen molar-refractivity contribution in [2.24, 2.45) is 0 Å². The summed E-state index contributed by atoms with van der Waals surface area (Å²) in [5.74, 6) is 1.48. The van der Waals surface area contributed by atoms with Gasteiger partial charge in [0.15, 0.2) is 5.82 Å². The average Bonchev–Trinajstić information content (AvgIpc) is 2.87. The molecule has 0 N–H and O–H groups in total. The molecule has 1 aliphatic heterocycles. The number of nitrogens with zero attached hydrogens (tertiary/aromatic N) is 4. The van der Waals surface area contributed by atoms with Crippen molar-refractivity contribution in [1.29, 1.82) is 0 Å². The average molecular weight is 288 g/mol. The van der Waals surface area contributed by atoms with E-state index in [1.54, 1.807) is 11.2 Å². The molecule has 1 aromatic rings. The van der Waals surface area contributed by atoms with E-state index in [0.29, 0.717) is 44.4 Å². The van der Waals surface area contributed by atoms with Crippen molar-refractivity contribution in [3.8, 4) is 0 Å². The maximum absolute atomic E-state index is 11.7. The Kier molecular flexibility index (Phi) is 4.54. The summed E-state index contributed by atoms with van der Waals surface area (Å²) in [5.41, 5.74) is 0. The number of aromatic nitrogens is 2. The van der Waals surface area contributed by atoms with E-state index in [-0.39, 0.29) is 5.75 Å². The van der Waals surface area contributed by atoms with E-state index >= 15 is 0 Å². The van der Waals surface area contributed by atoms with Gasteiger partial charge in [-0.25, -0.2) is 8.42 Å². The van der Waals surface area contributed by atoms with Crippen LogP contribution in [0, 0.1) is 0 Å². The zero-order valence-corrected chi connectivity index (χ0v) is 12.2. The molecule has 0 atom stereocenters. The van der Waals surface area contributed by atoms with E-state index in [4.69, 9.17) is 4.52 Å². The van der Waals surface area contributed by atoms with Gasteiger partial charge in [-0.15, -0.1) is 0 Å². The molecule has 1 saturated heterocycles. The van der Waals surface area contributed by atoms with Crippen molar-refractivity contribution in [1.82, 2.24) is 19.3 Å². The first-order valence-electron chi connectivity index (χ1n) is 6.56. The van der Waals surface area contributed by atoms with Crippen LogP contribution < -0.4 is 0 Å². The normalized spacial score (nSPS) is 18.8. The highest BCUT2D eigenvalue weighted by Gasteiger charge is 2.25. The minimum atomic E-state index is -3.06. The van der Waals surface area contributed by atoms with E-state index in [1.165, 1.54) is 0 Å². The first-order valence-corrected chi connectivity index (χ1v) is 8.17. The fourth-order valence-corrected chi connectivity index (χ4v) is 3.13. The molecular weight excluding hydrogens is 268 g/mol. The standard InChI is InChI=1S/C11H20N4O3S/c1-3-11-12-10(13-18-11)9-14-5-7-15(8-6-14)19(16,17)4-2/h3-9H2,1-2H3. The molecule has 8 heteroatoms. The second-order valence-corrected chi connectivity index (χ2v) is 6.79. The lowest BCUT2D eigenvalue weighted by Gasteiger charge is -2.32. The lowest BCUT2D eigenvalue weighted by Crippen LogP contribution is -2.48. The highest BCUT2D eigenvalue weighted by atomic mass is 32.2. The molecule has 2 rings (SSSR count). The van der Waals surface area contributed by atoms with Gasteiger partial charge in [0, 0.05) is 32.6 Å². The molecule has 0 unspecified atom stereocenters. The van der Waals surface area contributed by atoms with Crippen LogP contribution in [0.4, 0.5) is 0 Å². The molecule has 0 spiro atoms. The fraction of sp³-hybridized carbons (Fsp3) is 0.818. The van der Waals surface area contributed by atoms with Gasteiger partial charge in [0.1, 0.15) is 0 Å². The Bertz CT molecular complexity index is 506. The van der Waals surface area contributed by atoms with Crippen molar-refractivity contribution < 1.29 is 12.9 Å². The molecule has 7 nitrogen and oxygen atoms in total. The van der Waals surface area contributed by atoms with E-state index < -0.39 is 10.0 Å². The number of sulfonamides is 1. The number of aryl methyl sites for hydroxylation is 1. The van der Waals surface area contributed by atoms with Crippen LogP contribution in [0.1, 0.15) is 25.6 Å². The quantitative estimate of drug-likeness (QED) is 0.764. The molecular formula is C11H20N4O3S. The molecule has 0 radical (unpaired) electrons. The van der Waals surface area contributed by atoms with Crippen LogP contribution in [0.2, 0.25) is 0 Å². The zero-order chi connectivity index (χ0) is 13.9. The zero-order valence-electron chi connectivity index (χ0n) is 11.4. The van der Waals surface area contributed by atoms with Crippen LogP contribution in [-0.2, 0) is 23.0 Å². The van der Waals surface area contributed by atoms with Crippen molar-refractivity contribution in [2.75, 3.05) is 31.9 Å². The summed E-state index contributed by atoms with van der Waals surface area (Å²) in [6, 6.07) is 0. The van der Waals surface area contributed by atoms with Gasteiger partial charge in [-0.3, -0.25) is 4.90 Å². The first kappa shape index (κ1) is 14.4. The van der Waals surface area contributed by atoms with Gasteiger partial charge in [0.2, 0.25) is 15.9 Å². The molecule has 0 saturated carbocycles. The Morgan fingerprint density at radius 2 is 1.89 bits per heavy atom.